The molecule has 2 N–H and O–H groups in total. The van der Waals surface area contributed by atoms with Gasteiger partial charge in [0, 0.05) is 19.1 Å². The van der Waals surface area contributed by atoms with Crippen LogP contribution in [-0.2, 0) is 0 Å². The summed E-state index contributed by atoms with van der Waals surface area (Å²) in [6, 6.07) is 5.95. The fourth-order valence-corrected chi connectivity index (χ4v) is 2.89. The molecule has 0 radical (unpaired) electrons. The van der Waals surface area contributed by atoms with Crippen molar-refractivity contribution < 1.29 is 18.3 Å². The molecule has 25 heavy (non-hydrogen) atoms. The molecule has 2 aromatic rings. The average molecular weight is 351 g/mol. The van der Waals surface area contributed by atoms with Gasteiger partial charge in [-0.05, 0) is 44.0 Å². The molecule has 0 aliphatic carbocycles. The Labute approximate surface area is 143 Å². The zero-order chi connectivity index (χ0) is 18.0. The summed E-state index contributed by atoms with van der Waals surface area (Å²) in [7, 11) is 0. The van der Waals surface area contributed by atoms with Crippen molar-refractivity contribution in [3.05, 3.63) is 35.7 Å². The number of benzene rings is 1. The van der Waals surface area contributed by atoms with Crippen molar-refractivity contribution in [2.75, 3.05) is 13.1 Å². The number of ether oxygens (including phenoxy) is 1. The summed E-state index contributed by atoms with van der Waals surface area (Å²) in [5.74, 6) is -0.147. The summed E-state index contributed by atoms with van der Waals surface area (Å²) >= 11 is 0. The number of rotatable bonds is 4. The molecule has 1 aliphatic rings. The van der Waals surface area contributed by atoms with E-state index in [1.807, 2.05) is 0 Å². The molecular formula is C16H19F2N5O2. The first-order valence-corrected chi connectivity index (χ1v) is 7.98. The van der Waals surface area contributed by atoms with Crippen LogP contribution in [0.1, 0.15) is 29.0 Å². The third kappa shape index (κ3) is 3.76. The van der Waals surface area contributed by atoms with E-state index in [0.717, 1.165) is 12.8 Å². The molecule has 1 aromatic heterocycles. The predicted octanol–water partition coefficient (Wildman–Crippen LogP) is 1.74. The lowest BCUT2D eigenvalue weighted by Gasteiger charge is -2.30. The lowest BCUT2D eigenvalue weighted by atomic mass is 10.1. The lowest BCUT2D eigenvalue weighted by Crippen LogP contribution is -2.46. The smallest absolute Gasteiger partial charge is 0.387 e. The molecule has 2 heterocycles. The standard InChI is InChI=1S/C16H19F2N5O2/c1-10-14(15(24)22-8-2-3-11(19)9-22)20-21-23(10)12-4-6-13(7-5-12)25-16(17)18/h4-7,11,16H,2-3,8-9,19H2,1H3. The van der Waals surface area contributed by atoms with Gasteiger partial charge < -0.3 is 15.4 Å². The molecule has 1 aromatic carbocycles. The molecule has 1 aliphatic heterocycles. The molecule has 1 saturated heterocycles. The van der Waals surface area contributed by atoms with Crippen LogP contribution in [0.15, 0.2) is 24.3 Å². The summed E-state index contributed by atoms with van der Waals surface area (Å²) in [5, 5.41) is 8.00. The Morgan fingerprint density at radius 1 is 1.36 bits per heavy atom. The van der Waals surface area contributed by atoms with Gasteiger partial charge in [-0.2, -0.15) is 8.78 Å². The van der Waals surface area contributed by atoms with Crippen LogP contribution in [0.4, 0.5) is 8.78 Å². The number of alkyl halides is 2. The highest BCUT2D eigenvalue weighted by atomic mass is 19.3. The maximum absolute atomic E-state index is 12.6. The number of halogens is 2. The Hall–Kier alpha value is -2.55. The van der Waals surface area contributed by atoms with E-state index >= 15 is 0 Å². The van der Waals surface area contributed by atoms with Crippen molar-refractivity contribution in [3.8, 4) is 11.4 Å². The number of nitrogens with zero attached hydrogens (tertiary/aromatic N) is 4. The van der Waals surface area contributed by atoms with Crippen molar-refractivity contribution >= 4 is 5.91 Å². The van der Waals surface area contributed by atoms with Crippen LogP contribution in [0.25, 0.3) is 5.69 Å². The summed E-state index contributed by atoms with van der Waals surface area (Å²) in [5.41, 5.74) is 7.36. The SMILES string of the molecule is Cc1c(C(=O)N2CCCC(N)C2)nnn1-c1ccc(OC(F)F)cc1. The monoisotopic (exact) mass is 351 g/mol. The zero-order valence-corrected chi connectivity index (χ0v) is 13.7. The van der Waals surface area contributed by atoms with E-state index in [2.05, 4.69) is 15.0 Å². The Bertz CT molecular complexity index is 747. The van der Waals surface area contributed by atoms with Crippen molar-refractivity contribution in [1.29, 1.82) is 0 Å². The van der Waals surface area contributed by atoms with Crippen LogP contribution in [0.5, 0.6) is 5.75 Å². The second kappa shape index (κ2) is 7.14. The summed E-state index contributed by atoms with van der Waals surface area (Å²) < 4.78 is 30.2. The predicted molar refractivity (Wildman–Crippen MR) is 85.8 cm³/mol. The first kappa shape index (κ1) is 17.3. The van der Waals surface area contributed by atoms with Crippen molar-refractivity contribution in [2.24, 2.45) is 5.73 Å². The molecule has 134 valence electrons. The quantitative estimate of drug-likeness (QED) is 0.907. The maximum Gasteiger partial charge on any atom is 0.387 e. The molecule has 9 heteroatoms. The van der Waals surface area contributed by atoms with Gasteiger partial charge in [-0.15, -0.1) is 5.10 Å². The second-order valence-corrected chi connectivity index (χ2v) is 5.96. The summed E-state index contributed by atoms with van der Waals surface area (Å²) in [6.07, 6.45) is 1.77. The molecule has 7 nitrogen and oxygen atoms in total. The Morgan fingerprint density at radius 3 is 2.72 bits per heavy atom. The third-order valence-electron chi connectivity index (χ3n) is 4.15. The molecule has 1 unspecified atom stereocenters. The minimum Gasteiger partial charge on any atom is -0.435 e. The van der Waals surface area contributed by atoms with E-state index in [9.17, 15) is 13.6 Å². The van der Waals surface area contributed by atoms with Gasteiger partial charge >= 0.3 is 6.61 Å². The molecule has 0 spiro atoms. The molecular weight excluding hydrogens is 332 g/mol. The minimum absolute atomic E-state index is 0.0181. The van der Waals surface area contributed by atoms with E-state index in [-0.39, 0.29) is 23.4 Å². The number of amides is 1. The van der Waals surface area contributed by atoms with E-state index in [4.69, 9.17) is 5.73 Å². The average Bonchev–Trinajstić information content (AvgIpc) is 2.96. The number of carbonyl (C=O) groups excluding carboxylic acids is 1. The van der Waals surface area contributed by atoms with Crippen molar-refractivity contribution in [1.82, 2.24) is 19.9 Å². The summed E-state index contributed by atoms with van der Waals surface area (Å²) in [4.78, 5) is 14.3. The van der Waals surface area contributed by atoms with Crippen LogP contribution < -0.4 is 10.5 Å². The highest BCUT2D eigenvalue weighted by molar-refractivity contribution is 5.93. The maximum atomic E-state index is 12.6. The van der Waals surface area contributed by atoms with Gasteiger partial charge in [-0.3, -0.25) is 4.79 Å². The largest absolute Gasteiger partial charge is 0.435 e. The Kier molecular flexibility index (Phi) is 4.93. The topological polar surface area (TPSA) is 86.3 Å². The van der Waals surface area contributed by atoms with Crippen LogP contribution in [0.2, 0.25) is 0 Å². The number of nitrogens with two attached hydrogens (primary N) is 1. The fraction of sp³-hybridized carbons (Fsp3) is 0.438. The molecule has 1 atom stereocenters. The van der Waals surface area contributed by atoms with Gasteiger partial charge in [0.05, 0.1) is 11.4 Å². The highest BCUT2D eigenvalue weighted by Gasteiger charge is 2.26. The van der Waals surface area contributed by atoms with Crippen LogP contribution in [0.3, 0.4) is 0 Å². The van der Waals surface area contributed by atoms with Gasteiger partial charge in [0.25, 0.3) is 5.91 Å². The van der Waals surface area contributed by atoms with E-state index in [0.29, 0.717) is 24.5 Å². The first-order chi connectivity index (χ1) is 12.0. The van der Waals surface area contributed by atoms with E-state index in [1.165, 1.54) is 16.8 Å². The minimum atomic E-state index is -2.88. The highest BCUT2D eigenvalue weighted by Crippen LogP contribution is 2.20. The van der Waals surface area contributed by atoms with E-state index < -0.39 is 6.61 Å². The number of carbonyl (C=O) groups is 1. The van der Waals surface area contributed by atoms with Crippen LogP contribution in [-0.4, -0.2) is 51.5 Å². The Morgan fingerprint density at radius 2 is 2.08 bits per heavy atom. The van der Waals surface area contributed by atoms with Gasteiger partial charge in [0.1, 0.15) is 5.75 Å². The number of hydrogen-bond acceptors (Lipinski definition) is 5. The number of aromatic nitrogens is 3. The number of piperidine rings is 1. The lowest BCUT2D eigenvalue weighted by molar-refractivity contribution is -0.0498. The molecule has 0 bridgehead atoms. The van der Waals surface area contributed by atoms with Crippen molar-refractivity contribution in [3.63, 3.8) is 0 Å². The Balaban J connectivity index is 1.80. The zero-order valence-electron chi connectivity index (χ0n) is 13.7. The van der Waals surface area contributed by atoms with Gasteiger partial charge in [0.2, 0.25) is 0 Å². The van der Waals surface area contributed by atoms with Crippen LogP contribution >= 0.6 is 0 Å². The van der Waals surface area contributed by atoms with E-state index in [1.54, 1.807) is 24.0 Å². The number of likely N-dealkylation sites (tertiary alicyclic amines) is 1. The second-order valence-electron chi connectivity index (χ2n) is 5.96. The van der Waals surface area contributed by atoms with Gasteiger partial charge in [-0.25, -0.2) is 4.68 Å². The third-order valence-corrected chi connectivity index (χ3v) is 4.15. The normalized spacial score (nSPS) is 17.8. The fourth-order valence-electron chi connectivity index (χ4n) is 2.89. The first-order valence-electron chi connectivity index (χ1n) is 7.98. The summed E-state index contributed by atoms with van der Waals surface area (Å²) in [6.45, 7) is 0.0170. The molecule has 0 saturated carbocycles. The van der Waals surface area contributed by atoms with Crippen LogP contribution in [0, 0.1) is 6.92 Å². The van der Waals surface area contributed by atoms with Crippen molar-refractivity contribution in [2.45, 2.75) is 32.4 Å². The van der Waals surface area contributed by atoms with Gasteiger partial charge in [-0.1, -0.05) is 5.21 Å². The van der Waals surface area contributed by atoms with Gasteiger partial charge in [0.15, 0.2) is 5.69 Å². The number of hydrogen-bond donors (Lipinski definition) is 1. The molecule has 3 rings (SSSR count). The molecule has 1 fully saturated rings. The molecule has 1 amide bonds.